The molecule has 0 spiro atoms. The lowest BCUT2D eigenvalue weighted by Crippen LogP contribution is -2.33. The van der Waals surface area contributed by atoms with Crippen molar-refractivity contribution in [2.75, 3.05) is 22.5 Å². The van der Waals surface area contributed by atoms with Crippen LogP contribution >= 0.6 is 23.2 Å². The number of nitrogen functional groups attached to an aromatic ring is 1. The third-order valence-corrected chi connectivity index (χ3v) is 4.95. The predicted molar refractivity (Wildman–Crippen MR) is 104 cm³/mol. The standard InChI is InChI=1S/C17H15Cl2N7O/c18-11-3-2-10(8-12(11)19)25-7-4-13(16(25)27)22-14-9-15(24-17(20)23-14)26-6-1-5-21-26/h1-3,5-6,8-9,13H,4,7H2,(H3,20,22,23,24). The Morgan fingerprint density at radius 3 is 2.78 bits per heavy atom. The fourth-order valence-corrected chi connectivity index (χ4v) is 3.24. The molecular formula is C17H15Cl2N7O. The molecule has 1 aliphatic heterocycles. The zero-order valence-corrected chi connectivity index (χ0v) is 15.5. The van der Waals surface area contributed by atoms with Crippen LogP contribution in [0.3, 0.4) is 0 Å². The van der Waals surface area contributed by atoms with Gasteiger partial charge in [0.2, 0.25) is 11.9 Å². The topological polar surface area (TPSA) is 102 Å². The van der Waals surface area contributed by atoms with Crippen molar-refractivity contribution < 1.29 is 4.79 Å². The SMILES string of the molecule is Nc1nc(NC2CCN(c3ccc(Cl)c(Cl)c3)C2=O)cc(-n2cccn2)n1. The van der Waals surface area contributed by atoms with Gasteiger partial charge in [-0.25, -0.2) is 4.68 Å². The molecule has 0 radical (unpaired) electrons. The van der Waals surface area contributed by atoms with Crippen LogP contribution in [0.4, 0.5) is 17.5 Å². The Hall–Kier alpha value is -2.84. The van der Waals surface area contributed by atoms with Crippen molar-refractivity contribution in [3.05, 3.63) is 52.8 Å². The number of carbonyl (C=O) groups is 1. The molecule has 1 amide bonds. The van der Waals surface area contributed by atoms with Crippen molar-refractivity contribution in [3.63, 3.8) is 0 Å². The minimum absolute atomic E-state index is 0.0776. The van der Waals surface area contributed by atoms with E-state index in [4.69, 9.17) is 28.9 Å². The first-order valence-electron chi connectivity index (χ1n) is 8.19. The lowest BCUT2D eigenvalue weighted by molar-refractivity contribution is -0.117. The van der Waals surface area contributed by atoms with E-state index in [2.05, 4.69) is 20.4 Å². The minimum Gasteiger partial charge on any atom is -0.368 e. The smallest absolute Gasteiger partial charge is 0.249 e. The van der Waals surface area contributed by atoms with Crippen molar-refractivity contribution in [2.45, 2.75) is 12.5 Å². The Kier molecular flexibility index (Phi) is 4.59. The van der Waals surface area contributed by atoms with Crippen molar-refractivity contribution in [1.29, 1.82) is 0 Å². The van der Waals surface area contributed by atoms with Gasteiger partial charge in [-0.3, -0.25) is 4.79 Å². The molecule has 4 rings (SSSR count). The molecule has 27 heavy (non-hydrogen) atoms. The molecule has 2 aromatic heterocycles. The van der Waals surface area contributed by atoms with E-state index < -0.39 is 6.04 Å². The Balaban J connectivity index is 1.54. The molecular weight excluding hydrogens is 389 g/mol. The number of benzene rings is 1. The van der Waals surface area contributed by atoms with Crippen molar-refractivity contribution in [1.82, 2.24) is 19.7 Å². The highest BCUT2D eigenvalue weighted by molar-refractivity contribution is 6.42. The molecule has 1 atom stereocenters. The van der Waals surface area contributed by atoms with E-state index in [1.165, 1.54) is 0 Å². The molecule has 138 valence electrons. The molecule has 10 heteroatoms. The van der Waals surface area contributed by atoms with E-state index in [-0.39, 0.29) is 11.9 Å². The number of hydrogen-bond acceptors (Lipinski definition) is 6. The number of amides is 1. The van der Waals surface area contributed by atoms with Crippen LogP contribution in [0.5, 0.6) is 0 Å². The Bertz CT molecular complexity index is 993. The molecule has 0 bridgehead atoms. The lowest BCUT2D eigenvalue weighted by Gasteiger charge is -2.18. The first-order valence-corrected chi connectivity index (χ1v) is 8.94. The van der Waals surface area contributed by atoms with E-state index in [1.807, 2.05) is 0 Å². The van der Waals surface area contributed by atoms with E-state index in [9.17, 15) is 4.79 Å². The molecule has 1 fully saturated rings. The zero-order chi connectivity index (χ0) is 19.0. The number of aromatic nitrogens is 4. The fraction of sp³-hybridized carbons (Fsp3) is 0.176. The number of hydrogen-bond donors (Lipinski definition) is 2. The highest BCUT2D eigenvalue weighted by Crippen LogP contribution is 2.30. The summed E-state index contributed by atoms with van der Waals surface area (Å²) >= 11 is 12.0. The summed E-state index contributed by atoms with van der Waals surface area (Å²) in [6.07, 6.45) is 4.00. The highest BCUT2D eigenvalue weighted by Gasteiger charge is 2.33. The van der Waals surface area contributed by atoms with Gasteiger partial charge < -0.3 is 16.0 Å². The summed E-state index contributed by atoms with van der Waals surface area (Å²) in [6, 6.07) is 8.17. The first-order chi connectivity index (χ1) is 13.0. The summed E-state index contributed by atoms with van der Waals surface area (Å²) in [7, 11) is 0. The summed E-state index contributed by atoms with van der Waals surface area (Å²) in [5.74, 6) is 0.993. The third-order valence-electron chi connectivity index (χ3n) is 4.21. The minimum atomic E-state index is -0.431. The van der Waals surface area contributed by atoms with E-state index in [0.29, 0.717) is 40.3 Å². The number of nitrogens with one attached hydrogen (secondary N) is 1. The van der Waals surface area contributed by atoms with Crippen LogP contribution < -0.4 is 16.0 Å². The van der Waals surface area contributed by atoms with Gasteiger partial charge >= 0.3 is 0 Å². The molecule has 0 aliphatic carbocycles. The maximum absolute atomic E-state index is 12.8. The van der Waals surface area contributed by atoms with Crippen LogP contribution in [-0.4, -0.2) is 38.2 Å². The molecule has 1 saturated heterocycles. The highest BCUT2D eigenvalue weighted by atomic mass is 35.5. The van der Waals surface area contributed by atoms with Crippen LogP contribution in [0.2, 0.25) is 10.0 Å². The quantitative estimate of drug-likeness (QED) is 0.694. The van der Waals surface area contributed by atoms with E-state index >= 15 is 0 Å². The van der Waals surface area contributed by atoms with Crippen LogP contribution in [-0.2, 0) is 4.79 Å². The fourth-order valence-electron chi connectivity index (χ4n) is 2.95. The molecule has 8 nitrogen and oxygen atoms in total. The molecule has 0 saturated carbocycles. The van der Waals surface area contributed by atoms with Gasteiger partial charge in [-0.05, 0) is 30.7 Å². The van der Waals surface area contributed by atoms with Gasteiger partial charge in [-0.15, -0.1) is 0 Å². The zero-order valence-electron chi connectivity index (χ0n) is 14.0. The average molecular weight is 404 g/mol. The summed E-state index contributed by atoms with van der Waals surface area (Å²) < 4.78 is 1.57. The average Bonchev–Trinajstić information content (AvgIpc) is 3.28. The number of nitrogens with zero attached hydrogens (tertiary/aromatic N) is 5. The van der Waals surface area contributed by atoms with Crippen molar-refractivity contribution >= 4 is 46.6 Å². The van der Waals surface area contributed by atoms with Gasteiger partial charge in [0.05, 0.1) is 10.0 Å². The van der Waals surface area contributed by atoms with Crippen LogP contribution in [0.15, 0.2) is 42.7 Å². The Morgan fingerprint density at radius 2 is 2.04 bits per heavy atom. The van der Waals surface area contributed by atoms with E-state index in [0.717, 1.165) is 0 Å². The van der Waals surface area contributed by atoms with Crippen LogP contribution in [0, 0.1) is 0 Å². The molecule has 3 heterocycles. The third kappa shape index (κ3) is 3.54. The second-order valence-corrected chi connectivity index (χ2v) is 6.81. The largest absolute Gasteiger partial charge is 0.368 e. The van der Waals surface area contributed by atoms with E-state index in [1.54, 1.807) is 52.3 Å². The predicted octanol–water partition coefficient (Wildman–Crippen LogP) is 2.77. The Labute approximate surface area is 164 Å². The normalized spacial score (nSPS) is 16.7. The van der Waals surface area contributed by atoms with Gasteiger partial charge in [0.25, 0.3) is 0 Å². The number of carbonyl (C=O) groups excluding carboxylic acids is 1. The molecule has 3 aromatic rings. The number of anilines is 3. The Morgan fingerprint density at radius 1 is 1.19 bits per heavy atom. The molecule has 1 aliphatic rings. The van der Waals surface area contributed by atoms with Crippen molar-refractivity contribution in [3.8, 4) is 5.82 Å². The molecule has 3 N–H and O–H groups in total. The summed E-state index contributed by atoms with van der Waals surface area (Å²) in [6.45, 7) is 0.557. The monoisotopic (exact) mass is 403 g/mol. The lowest BCUT2D eigenvalue weighted by atomic mass is 10.2. The summed E-state index contributed by atoms with van der Waals surface area (Å²) in [5, 5.41) is 8.12. The second-order valence-electron chi connectivity index (χ2n) is 5.99. The van der Waals surface area contributed by atoms with Gasteiger partial charge in [-0.2, -0.15) is 15.1 Å². The maximum atomic E-state index is 12.8. The molecule has 1 unspecified atom stereocenters. The number of halogens is 2. The van der Waals surface area contributed by atoms with Gasteiger partial charge in [-0.1, -0.05) is 23.2 Å². The number of nitrogens with two attached hydrogens (primary N) is 1. The van der Waals surface area contributed by atoms with Gasteiger partial charge in [0.15, 0.2) is 5.82 Å². The first kappa shape index (κ1) is 17.6. The van der Waals surface area contributed by atoms with Gasteiger partial charge in [0.1, 0.15) is 11.9 Å². The number of rotatable bonds is 4. The molecule has 1 aromatic carbocycles. The van der Waals surface area contributed by atoms with Crippen LogP contribution in [0.25, 0.3) is 5.82 Å². The second kappa shape index (κ2) is 7.05. The maximum Gasteiger partial charge on any atom is 0.249 e. The van der Waals surface area contributed by atoms with Gasteiger partial charge in [0, 0.05) is 30.7 Å². The summed E-state index contributed by atoms with van der Waals surface area (Å²) in [4.78, 5) is 22.8. The summed E-state index contributed by atoms with van der Waals surface area (Å²) in [5.41, 5.74) is 6.50. The van der Waals surface area contributed by atoms with Crippen LogP contribution in [0.1, 0.15) is 6.42 Å². The van der Waals surface area contributed by atoms with Crippen molar-refractivity contribution in [2.24, 2.45) is 0 Å².